The third-order valence-electron chi connectivity index (χ3n) is 5.06. The minimum absolute atomic E-state index is 0.162. The van der Waals surface area contributed by atoms with Gasteiger partial charge in [0.2, 0.25) is 0 Å². The predicted octanol–water partition coefficient (Wildman–Crippen LogP) is 6.72. The van der Waals surface area contributed by atoms with Gasteiger partial charge in [-0.15, -0.1) is 0 Å². The normalized spacial score (nSPS) is 14.4. The number of hydrogen-bond donors (Lipinski definition) is 0. The highest BCUT2D eigenvalue weighted by molar-refractivity contribution is 9.10. The Kier molecular flexibility index (Phi) is 8.50. The van der Waals surface area contributed by atoms with E-state index in [4.69, 9.17) is 27.9 Å². The monoisotopic (exact) mass is 541 g/mol. The van der Waals surface area contributed by atoms with Crippen molar-refractivity contribution >= 4 is 68.3 Å². The minimum atomic E-state index is -0.201. The molecule has 1 aliphatic rings. The Morgan fingerprint density at radius 2 is 1.90 bits per heavy atom. The first kappa shape index (κ1) is 24.2. The van der Waals surface area contributed by atoms with E-state index in [1.165, 1.54) is 11.8 Å². The largest absolute Gasteiger partial charge is 0.466 e. The van der Waals surface area contributed by atoms with Gasteiger partial charge in [-0.05, 0) is 44.0 Å². The Balaban J connectivity index is 1.69. The fourth-order valence-corrected chi connectivity index (χ4v) is 5.47. The summed E-state index contributed by atoms with van der Waals surface area (Å²) in [7, 11) is 0. The third kappa shape index (κ3) is 5.86. The summed E-state index contributed by atoms with van der Waals surface area (Å²) in [5.41, 5.74) is 0.809. The average molecular weight is 543 g/mol. The summed E-state index contributed by atoms with van der Waals surface area (Å²) in [5, 5.41) is 0.695. The molecule has 4 nitrogen and oxygen atoms in total. The van der Waals surface area contributed by atoms with E-state index >= 15 is 0 Å². The van der Waals surface area contributed by atoms with Crippen molar-refractivity contribution in [1.82, 2.24) is 4.90 Å². The van der Waals surface area contributed by atoms with Gasteiger partial charge < -0.3 is 9.64 Å². The lowest BCUT2D eigenvalue weighted by Gasteiger charge is -2.31. The number of rotatable bonds is 6. The first-order valence-electron chi connectivity index (χ1n) is 9.88. The Hall–Kier alpha value is -1.47. The Morgan fingerprint density at radius 1 is 1.19 bits per heavy atom. The van der Waals surface area contributed by atoms with Crippen molar-refractivity contribution in [3.8, 4) is 0 Å². The van der Waals surface area contributed by atoms with Gasteiger partial charge in [0, 0.05) is 38.5 Å². The van der Waals surface area contributed by atoms with Gasteiger partial charge in [-0.3, -0.25) is 9.59 Å². The molecule has 8 heteroatoms. The van der Waals surface area contributed by atoms with Crippen LogP contribution in [0.25, 0.3) is 5.57 Å². The van der Waals surface area contributed by atoms with Crippen LogP contribution in [0.1, 0.15) is 25.3 Å². The van der Waals surface area contributed by atoms with E-state index in [0.717, 1.165) is 14.3 Å². The fraction of sp³-hybridized carbons (Fsp3) is 0.304. The molecule has 2 aromatic rings. The maximum atomic E-state index is 13.0. The number of carbonyl (C=O) groups excluding carboxylic acids is 2. The van der Waals surface area contributed by atoms with E-state index in [1.807, 2.05) is 30.3 Å². The molecular formula is C23H22BrCl2NO3S. The molecule has 0 aliphatic carbocycles. The molecule has 0 radical (unpaired) electrons. The number of ether oxygens (including phenoxy) is 1. The van der Waals surface area contributed by atoms with E-state index in [2.05, 4.69) is 22.5 Å². The van der Waals surface area contributed by atoms with Crippen molar-refractivity contribution in [3.63, 3.8) is 0 Å². The molecule has 2 aromatic carbocycles. The molecule has 0 aromatic heterocycles. The first-order valence-corrected chi connectivity index (χ1v) is 12.2. The van der Waals surface area contributed by atoms with Gasteiger partial charge in [0.15, 0.2) is 0 Å². The summed E-state index contributed by atoms with van der Waals surface area (Å²) in [4.78, 5) is 28.4. The first-order chi connectivity index (χ1) is 14.8. The van der Waals surface area contributed by atoms with Crippen molar-refractivity contribution in [3.05, 3.63) is 63.1 Å². The SMILES string of the molecule is C=C(C(=O)N1CCC(C(=O)OCC)CC1)c1ccc(Sc2cccc(Br)c2)c(Cl)c1Cl. The lowest BCUT2D eigenvalue weighted by atomic mass is 9.96. The minimum Gasteiger partial charge on any atom is -0.466 e. The molecule has 0 unspecified atom stereocenters. The summed E-state index contributed by atoms with van der Waals surface area (Å²) in [6.45, 7) is 7.08. The number of carbonyl (C=O) groups is 2. The predicted molar refractivity (Wildman–Crippen MR) is 130 cm³/mol. The van der Waals surface area contributed by atoms with Gasteiger partial charge in [-0.1, -0.05) is 69.6 Å². The number of piperidine rings is 1. The van der Waals surface area contributed by atoms with Crippen molar-refractivity contribution in [2.45, 2.75) is 29.6 Å². The summed E-state index contributed by atoms with van der Waals surface area (Å²) in [6, 6.07) is 11.5. The van der Waals surface area contributed by atoms with Crippen LogP contribution in [0.3, 0.4) is 0 Å². The molecule has 0 atom stereocenters. The molecule has 164 valence electrons. The third-order valence-corrected chi connectivity index (χ3v) is 7.59. The van der Waals surface area contributed by atoms with Crippen LogP contribution >= 0.6 is 50.9 Å². The fourth-order valence-electron chi connectivity index (χ4n) is 3.39. The van der Waals surface area contributed by atoms with Gasteiger partial charge in [-0.25, -0.2) is 0 Å². The van der Waals surface area contributed by atoms with Crippen LogP contribution in [0.2, 0.25) is 10.0 Å². The Labute approximate surface area is 205 Å². The lowest BCUT2D eigenvalue weighted by molar-refractivity contribution is -0.150. The van der Waals surface area contributed by atoms with Gasteiger partial charge in [0.25, 0.3) is 5.91 Å². The van der Waals surface area contributed by atoms with E-state index in [9.17, 15) is 9.59 Å². The maximum Gasteiger partial charge on any atom is 0.309 e. The quantitative estimate of drug-likeness (QED) is 0.300. The second-order valence-electron chi connectivity index (χ2n) is 7.10. The number of esters is 1. The van der Waals surface area contributed by atoms with Crippen LogP contribution in [-0.2, 0) is 14.3 Å². The molecule has 3 rings (SSSR count). The molecule has 0 saturated carbocycles. The zero-order chi connectivity index (χ0) is 22.5. The lowest BCUT2D eigenvalue weighted by Crippen LogP contribution is -2.40. The molecule has 1 fully saturated rings. The summed E-state index contributed by atoms with van der Waals surface area (Å²) < 4.78 is 6.06. The summed E-state index contributed by atoms with van der Waals surface area (Å²) >= 11 is 18.0. The van der Waals surface area contributed by atoms with Crippen molar-refractivity contribution in [2.24, 2.45) is 5.92 Å². The number of halogens is 3. The summed E-state index contributed by atoms with van der Waals surface area (Å²) in [5.74, 6) is -0.556. The van der Waals surface area contributed by atoms with Crippen LogP contribution < -0.4 is 0 Å². The number of nitrogens with zero attached hydrogens (tertiary/aromatic N) is 1. The Morgan fingerprint density at radius 3 is 2.55 bits per heavy atom. The molecule has 0 N–H and O–H groups in total. The van der Waals surface area contributed by atoms with Crippen LogP contribution in [0.5, 0.6) is 0 Å². The topological polar surface area (TPSA) is 46.6 Å². The summed E-state index contributed by atoms with van der Waals surface area (Å²) in [6.07, 6.45) is 1.16. The second-order valence-corrected chi connectivity index (χ2v) is 9.88. The number of hydrogen-bond acceptors (Lipinski definition) is 4. The number of amides is 1. The molecule has 31 heavy (non-hydrogen) atoms. The van der Waals surface area contributed by atoms with Crippen molar-refractivity contribution < 1.29 is 14.3 Å². The Bertz CT molecular complexity index is 1010. The maximum absolute atomic E-state index is 13.0. The highest BCUT2D eigenvalue weighted by Crippen LogP contribution is 2.41. The van der Waals surface area contributed by atoms with Gasteiger partial charge in [0.05, 0.1) is 22.6 Å². The molecule has 0 bridgehead atoms. The molecule has 1 aliphatic heterocycles. The van der Waals surface area contributed by atoms with Crippen LogP contribution in [0.4, 0.5) is 0 Å². The van der Waals surface area contributed by atoms with Crippen LogP contribution in [-0.4, -0.2) is 36.5 Å². The number of benzene rings is 2. The highest BCUT2D eigenvalue weighted by atomic mass is 79.9. The second kappa shape index (κ2) is 10.9. The van der Waals surface area contributed by atoms with E-state index in [-0.39, 0.29) is 17.8 Å². The number of likely N-dealkylation sites (tertiary alicyclic amines) is 1. The van der Waals surface area contributed by atoms with Crippen LogP contribution in [0.15, 0.2) is 57.2 Å². The van der Waals surface area contributed by atoms with Crippen molar-refractivity contribution in [1.29, 1.82) is 0 Å². The standard InChI is InChI=1S/C23H22BrCl2NO3S/c1-3-30-23(29)15-9-11-27(12-10-15)22(28)14(2)18-7-8-19(21(26)20(18)25)31-17-6-4-5-16(24)13-17/h4-8,13,15H,2-3,9-12H2,1H3. The average Bonchev–Trinajstić information content (AvgIpc) is 2.76. The highest BCUT2D eigenvalue weighted by Gasteiger charge is 2.30. The smallest absolute Gasteiger partial charge is 0.309 e. The van der Waals surface area contributed by atoms with Gasteiger partial charge in [0.1, 0.15) is 0 Å². The van der Waals surface area contributed by atoms with Crippen LogP contribution in [0, 0.1) is 5.92 Å². The molecular weight excluding hydrogens is 521 g/mol. The molecule has 1 heterocycles. The van der Waals surface area contributed by atoms with E-state index in [0.29, 0.717) is 53.7 Å². The zero-order valence-electron chi connectivity index (χ0n) is 17.0. The van der Waals surface area contributed by atoms with Gasteiger partial charge in [-0.2, -0.15) is 0 Å². The molecule has 0 spiro atoms. The van der Waals surface area contributed by atoms with E-state index < -0.39 is 0 Å². The van der Waals surface area contributed by atoms with E-state index in [1.54, 1.807) is 17.9 Å². The molecule has 1 amide bonds. The van der Waals surface area contributed by atoms with Crippen molar-refractivity contribution in [2.75, 3.05) is 19.7 Å². The van der Waals surface area contributed by atoms with Gasteiger partial charge >= 0.3 is 5.97 Å². The molecule has 1 saturated heterocycles. The zero-order valence-corrected chi connectivity index (χ0v) is 20.9.